The maximum atomic E-state index is 13.1. The molecule has 0 aliphatic carbocycles. The topological polar surface area (TPSA) is 50.4 Å². The van der Waals surface area contributed by atoms with E-state index >= 15 is 0 Å². The summed E-state index contributed by atoms with van der Waals surface area (Å²) in [5, 5.41) is 0. The van der Waals surface area contributed by atoms with Crippen molar-refractivity contribution in [2.45, 2.75) is 6.92 Å². The molecule has 92 valence electrons. The molecule has 0 spiro atoms. The van der Waals surface area contributed by atoms with Crippen molar-refractivity contribution in [2.24, 2.45) is 10.8 Å². The van der Waals surface area contributed by atoms with Gasteiger partial charge in [0, 0.05) is 5.56 Å². The number of aryl methyl sites for hydroxylation is 1. The summed E-state index contributed by atoms with van der Waals surface area (Å²) in [6.45, 7) is 1.82. The predicted molar refractivity (Wildman–Crippen MR) is 71.1 cm³/mol. The van der Waals surface area contributed by atoms with Gasteiger partial charge in [0.05, 0.1) is 5.69 Å². The van der Waals surface area contributed by atoms with Crippen LogP contribution in [-0.4, -0.2) is 5.84 Å². The lowest BCUT2D eigenvalue weighted by Crippen LogP contribution is -2.31. The van der Waals surface area contributed by atoms with E-state index in [2.05, 4.69) is 10.4 Å². The number of aliphatic imine (C=N–C) groups is 1. The molecule has 0 aliphatic rings. The average molecular weight is 243 g/mol. The zero-order chi connectivity index (χ0) is 13.0. The fourth-order valence-electron chi connectivity index (χ4n) is 1.69. The number of benzene rings is 2. The van der Waals surface area contributed by atoms with Crippen molar-refractivity contribution in [1.82, 2.24) is 5.43 Å². The Morgan fingerprint density at radius 1 is 1.17 bits per heavy atom. The third-order valence-corrected chi connectivity index (χ3v) is 2.58. The Morgan fingerprint density at radius 2 is 1.89 bits per heavy atom. The molecule has 0 fully saturated rings. The van der Waals surface area contributed by atoms with E-state index in [1.807, 2.05) is 37.3 Å². The first-order chi connectivity index (χ1) is 8.70. The molecular weight excluding hydrogens is 229 g/mol. The number of nitrogens with two attached hydrogens (primary N) is 1. The Kier molecular flexibility index (Phi) is 3.69. The standard InChI is InChI=1S/C14H14FN3/c1-10-9-11(15)7-8-13(10)14(18-16)17-12-5-3-2-4-6-12/h2-9H,16H2,1H3,(H,17,18). The van der Waals surface area contributed by atoms with Crippen LogP contribution in [0.2, 0.25) is 0 Å². The van der Waals surface area contributed by atoms with Crippen molar-refractivity contribution in [2.75, 3.05) is 0 Å². The minimum Gasteiger partial charge on any atom is -0.308 e. The second-order valence-corrected chi connectivity index (χ2v) is 3.90. The summed E-state index contributed by atoms with van der Waals surface area (Å²) in [5.41, 5.74) is 4.90. The van der Waals surface area contributed by atoms with E-state index in [4.69, 9.17) is 5.84 Å². The van der Waals surface area contributed by atoms with E-state index in [0.717, 1.165) is 16.8 Å². The van der Waals surface area contributed by atoms with Gasteiger partial charge in [-0.05, 0) is 42.8 Å². The normalized spacial score (nSPS) is 11.4. The smallest absolute Gasteiger partial charge is 0.148 e. The number of nitrogens with one attached hydrogen (secondary N) is 1. The minimum atomic E-state index is -0.271. The maximum absolute atomic E-state index is 13.1. The molecule has 0 aliphatic heterocycles. The highest BCUT2D eigenvalue weighted by Gasteiger charge is 2.06. The molecule has 3 nitrogen and oxygen atoms in total. The van der Waals surface area contributed by atoms with E-state index in [1.165, 1.54) is 12.1 Å². The van der Waals surface area contributed by atoms with Crippen LogP contribution in [0.25, 0.3) is 0 Å². The lowest BCUT2D eigenvalue weighted by Gasteiger charge is -2.09. The van der Waals surface area contributed by atoms with Crippen molar-refractivity contribution in [3.8, 4) is 0 Å². The molecule has 3 N–H and O–H groups in total. The zero-order valence-corrected chi connectivity index (χ0v) is 10.0. The summed E-state index contributed by atoms with van der Waals surface area (Å²) >= 11 is 0. The third-order valence-electron chi connectivity index (χ3n) is 2.58. The highest BCUT2D eigenvalue weighted by Crippen LogP contribution is 2.15. The van der Waals surface area contributed by atoms with Crippen LogP contribution < -0.4 is 11.3 Å². The average Bonchev–Trinajstić information content (AvgIpc) is 2.38. The number of amidine groups is 1. The van der Waals surface area contributed by atoms with Crippen molar-refractivity contribution in [1.29, 1.82) is 0 Å². The number of hydrogen-bond acceptors (Lipinski definition) is 2. The largest absolute Gasteiger partial charge is 0.308 e. The summed E-state index contributed by atoms with van der Waals surface area (Å²) in [5.74, 6) is 5.73. The molecule has 0 unspecified atom stereocenters. The molecule has 2 aromatic carbocycles. The SMILES string of the molecule is Cc1cc(F)ccc1C(=Nc1ccccc1)NN. The summed E-state index contributed by atoms with van der Waals surface area (Å²) in [6, 6.07) is 13.9. The van der Waals surface area contributed by atoms with E-state index in [1.54, 1.807) is 6.07 Å². The van der Waals surface area contributed by atoms with E-state index in [0.29, 0.717) is 5.84 Å². The molecule has 0 bridgehead atoms. The zero-order valence-electron chi connectivity index (χ0n) is 10.0. The lowest BCUT2D eigenvalue weighted by atomic mass is 10.1. The summed E-state index contributed by atoms with van der Waals surface area (Å²) in [6.07, 6.45) is 0. The fraction of sp³-hybridized carbons (Fsp3) is 0.0714. The Bertz CT molecular complexity index is 565. The molecule has 4 heteroatoms. The minimum absolute atomic E-state index is 0.271. The predicted octanol–water partition coefficient (Wildman–Crippen LogP) is 2.68. The van der Waals surface area contributed by atoms with E-state index in [9.17, 15) is 4.39 Å². The maximum Gasteiger partial charge on any atom is 0.148 e. The molecule has 0 atom stereocenters. The first-order valence-electron chi connectivity index (χ1n) is 5.57. The molecule has 2 aromatic rings. The highest BCUT2D eigenvalue weighted by atomic mass is 19.1. The van der Waals surface area contributed by atoms with Gasteiger partial charge in [-0.25, -0.2) is 15.2 Å². The second-order valence-electron chi connectivity index (χ2n) is 3.90. The van der Waals surface area contributed by atoms with Crippen LogP contribution in [0.5, 0.6) is 0 Å². The third kappa shape index (κ3) is 2.73. The van der Waals surface area contributed by atoms with Gasteiger partial charge in [0.1, 0.15) is 11.7 Å². The molecule has 0 saturated heterocycles. The molecular formula is C14H14FN3. The van der Waals surface area contributed by atoms with Crippen LogP contribution in [0.15, 0.2) is 53.5 Å². The van der Waals surface area contributed by atoms with E-state index in [-0.39, 0.29) is 5.82 Å². The molecule has 0 radical (unpaired) electrons. The Hall–Kier alpha value is -2.20. The molecule has 2 rings (SSSR count). The van der Waals surface area contributed by atoms with Gasteiger partial charge < -0.3 is 5.43 Å². The molecule has 18 heavy (non-hydrogen) atoms. The van der Waals surface area contributed by atoms with Crippen molar-refractivity contribution < 1.29 is 4.39 Å². The number of rotatable bonds is 2. The first kappa shape index (κ1) is 12.3. The summed E-state index contributed by atoms with van der Waals surface area (Å²) in [4.78, 5) is 4.40. The number of nitrogens with zero attached hydrogens (tertiary/aromatic N) is 1. The van der Waals surface area contributed by atoms with Gasteiger partial charge in [-0.2, -0.15) is 0 Å². The van der Waals surface area contributed by atoms with Gasteiger partial charge in [0.25, 0.3) is 0 Å². The van der Waals surface area contributed by atoms with Crippen LogP contribution in [0, 0.1) is 12.7 Å². The first-order valence-corrected chi connectivity index (χ1v) is 5.57. The number of para-hydroxylation sites is 1. The van der Waals surface area contributed by atoms with Crippen molar-refractivity contribution >= 4 is 11.5 Å². The van der Waals surface area contributed by atoms with Crippen LogP contribution >= 0.6 is 0 Å². The van der Waals surface area contributed by atoms with Gasteiger partial charge in [-0.15, -0.1) is 0 Å². The van der Waals surface area contributed by atoms with Gasteiger partial charge in [-0.1, -0.05) is 18.2 Å². The van der Waals surface area contributed by atoms with Gasteiger partial charge >= 0.3 is 0 Å². The number of hydrazine groups is 1. The van der Waals surface area contributed by atoms with Crippen molar-refractivity contribution in [3.05, 3.63) is 65.5 Å². The number of halogens is 1. The summed E-state index contributed by atoms with van der Waals surface area (Å²) < 4.78 is 13.1. The Morgan fingerprint density at radius 3 is 2.50 bits per heavy atom. The van der Waals surface area contributed by atoms with Gasteiger partial charge in [-0.3, -0.25) is 0 Å². The molecule has 0 heterocycles. The fourth-order valence-corrected chi connectivity index (χ4v) is 1.69. The second kappa shape index (κ2) is 5.42. The van der Waals surface area contributed by atoms with Gasteiger partial charge in [0.2, 0.25) is 0 Å². The summed E-state index contributed by atoms with van der Waals surface area (Å²) in [7, 11) is 0. The molecule has 0 aromatic heterocycles. The van der Waals surface area contributed by atoms with E-state index < -0.39 is 0 Å². The molecule has 0 saturated carbocycles. The van der Waals surface area contributed by atoms with Crippen molar-refractivity contribution in [3.63, 3.8) is 0 Å². The van der Waals surface area contributed by atoms with Crippen LogP contribution in [0.1, 0.15) is 11.1 Å². The highest BCUT2D eigenvalue weighted by molar-refractivity contribution is 6.01. The lowest BCUT2D eigenvalue weighted by molar-refractivity contribution is 0.626. The van der Waals surface area contributed by atoms with Crippen LogP contribution in [0.4, 0.5) is 10.1 Å². The Labute approximate surface area is 105 Å². The van der Waals surface area contributed by atoms with Crippen LogP contribution in [-0.2, 0) is 0 Å². The molecule has 0 amide bonds. The van der Waals surface area contributed by atoms with Gasteiger partial charge in [0.15, 0.2) is 0 Å². The quantitative estimate of drug-likeness (QED) is 0.369. The van der Waals surface area contributed by atoms with Crippen LogP contribution in [0.3, 0.4) is 0 Å². The monoisotopic (exact) mass is 243 g/mol. The number of hydrogen-bond donors (Lipinski definition) is 2. The Balaban J connectivity index is 2.42.